The SMILES string of the molecule is OB(O)c1ccc(-n2nc3ccc(B(O)O)cc3c2Cl)cc1. The van der Waals surface area contributed by atoms with Crippen molar-refractivity contribution in [3.63, 3.8) is 0 Å². The average molecular weight is 316 g/mol. The van der Waals surface area contributed by atoms with E-state index in [1.807, 2.05) is 0 Å². The van der Waals surface area contributed by atoms with Crippen LogP contribution in [0.5, 0.6) is 0 Å². The van der Waals surface area contributed by atoms with Gasteiger partial charge in [-0.3, -0.25) is 0 Å². The number of hydrogen-bond acceptors (Lipinski definition) is 5. The molecule has 4 N–H and O–H groups in total. The smallest absolute Gasteiger partial charge is 0.423 e. The first-order chi connectivity index (χ1) is 10.5. The van der Waals surface area contributed by atoms with Crippen LogP contribution >= 0.6 is 11.6 Å². The van der Waals surface area contributed by atoms with Gasteiger partial charge in [0.2, 0.25) is 0 Å². The Balaban J connectivity index is 2.09. The van der Waals surface area contributed by atoms with Crippen LogP contribution in [0.1, 0.15) is 0 Å². The van der Waals surface area contributed by atoms with E-state index in [1.54, 1.807) is 42.5 Å². The van der Waals surface area contributed by atoms with E-state index in [0.29, 0.717) is 32.7 Å². The zero-order chi connectivity index (χ0) is 15.9. The molecule has 0 unspecified atom stereocenters. The molecule has 0 bridgehead atoms. The molecule has 0 aliphatic carbocycles. The van der Waals surface area contributed by atoms with Gasteiger partial charge in [-0.15, -0.1) is 0 Å². The highest BCUT2D eigenvalue weighted by Gasteiger charge is 2.17. The largest absolute Gasteiger partial charge is 0.488 e. The van der Waals surface area contributed by atoms with E-state index in [-0.39, 0.29) is 0 Å². The van der Waals surface area contributed by atoms with Crippen LogP contribution < -0.4 is 10.9 Å². The predicted molar refractivity (Wildman–Crippen MR) is 85.7 cm³/mol. The van der Waals surface area contributed by atoms with E-state index in [0.717, 1.165) is 0 Å². The normalized spacial score (nSPS) is 11.0. The van der Waals surface area contributed by atoms with Crippen LogP contribution in [-0.4, -0.2) is 44.1 Å². The fraction of sp³-hybridized carbons (Fsp3) is 0. The van der Waals surface area contributed by atoms with Crippen molar-refractivity contribution in [1.29, 1.82) is 0 Å². The van der Waals surface area contributed by atoms with E-state index in [9.17, 15) is 10.0 Å². The molecular weight excluding hydrogens is 305 g/mol. The first-order valence-electron chi connectivity index (χ1n) is 6.48. The molecular formula is C13H11B2ClN2O4. The molecule has 0 saturated carbocycles. The molecule has 0 saturated heterocycles. The molecule has 2 aromatic carbocycles. The van der Waals surface area contributed by atoms with Gasteiger partial charge in [-0.05, 0) is 35.2 Å². The number of aromatic nitrogens is 2. The second kappa shape index (κ2) is 5.75. The summed E-state index contributed by atoms with van der Waals surface area (Å²) in [7, 11) is -3.11. The molecule has 0 fully saturated rings. The van der Waals surface area contributed by atoms with E-state index >= 15 is 0 Å². The third-order valence-electron chi connectivity index (χ3n) is 3.37. The highest BCUT2D eigenvalue weighted by molar-refractivity contribution is 6.59. The Morgan fingerprint density at radius 2 is 1.45 bits per heavy atom. The van der Waals surface area contributed by atoms with Crippen molar-refractivity contribution in [1.82, 2.24) is 9.78 Å². The van der Waals surface area contributed by atoms with E-state index in [2.05, 4.69) is 5.10 Å². The molecule has 0 aliphatic rings. The fourth-order valence-corrected chi connectivity index (χ4v) is 2.48. The number of benzene rings is 2. The second-order valence-electron chi connectivity index (χ2n) is 4.82. The zero-order valence-electron chi connectivity index (χ0n) is 11.3. The zero-order valence-corrected chi connectivity index (χ0v) is 12.0. The number of rotatable bonds is 3. The fourth-order valence-electron chi connectivity index (χ4n) is 2.19. The van der Waals surface area contributed by atoms with Gasteiger partial charge < -0.3 is 20.1 Å². The van der Waals surface area contributed by atoms with Crippen molar-refractivity contribution in [2.45, 2.75) is 0 Å². The van der Waals surface area contributed by atoms with Gasteiger partial charge in [-0.25, -0.2) is 4.68 Å². The summed E-state index contributed by atoms with van der Waals surface area (Å²) in [5.74, 6) is 0. The first kappa shape index (κ1) is 15.1. The van der Waals surface area contributed by atoms with Gasteiger partial charge in [0.15, 0.2) is 0 Å². The minimum Gasteiger partial charge on any atom is -0.423 e. The molecule has 6 nitrogen and oxygen atoms in total. The average Bonchev–Trinajstić information content (AvgIpc) is 2.84. The monoisotopic (exact) mass is 316 g/mol. The number of halogens is 1. The van der Waals surface area contributed by atoms with Crippen LogP contribution in [0.4, 0.5) is 0 Å². The molecule has 0 amide bonds. The number of nitrogens with zero attached hydrogens (tertiary/aromatic N) is 2. The highest BCUT2D eigenvalue weighted by atomic mass is 35.5. The topological polar surface area (TPSA) is 98.7 Å². The molecule has 3 aromatic rings. The van der Waals surface area contributed by atoms with Crippen LogP contribution in [0.25, 0.3) is 16.6 Å². The third-order valence-corrected chi connectivity index (χ3v) is 3.73. The molecule has 110 valence electrons. The lowest BCUT2D eigenvalue weighted by molar-refractivity contribution is 0.424. The quantitative estimate of drug-likeness (QED) is 0.467. The van der Waals surface area contributed by atoms with E-state index in [4.69, 9.17) is 21.6 Å². The summed E-state index contributed by atoms with van der Waals surface area (Å²) in [6.45, 7) is 0. The van der Waals surface area contributed by atoms with Crippen LogP contribution in [0, 0.1) is 0 Å². The lowest BCUT2D eigenvalue weighted by Crippen LogP contribution is -2.29. The first-order valence-corrected chi connectivity index (χ1v) is 6.86. The van der Waals surface area contributed by atoms with Gasteiger partial charge in [0.1, 0.15) is 5.15 Å². The highest BCUT2D eigenvalue weighted by Crippen LogP contribution is 2.25. The summed E-state index contributed by atoms with van der Waals surface area (Å²) in [4.78, 5) is 0. The van der Waals surface area contributed by atoms with Crippen molar-refractivity contribution >= 4 is 47.7 Å². The van der Waals surface area contributed by atoms with E-state index < -0.39 is 14.2 Å². The van der Waals surface area contributed by atoms with E-state index in [1.165, 1.54) is 4.68 Å². The van der Waals surface area contributed by atoms with Gasteiger partial charge in [0.25, 0.3) is 0 Å². The van der Waals surface area contributed by atoms with Crippen molar-refractivity contribution in [2.75, 3.05) is 0 Å². The maximum atomic E-state index is 9.22. The Morgan fingerprint density at radius 1 is 0.864 bits per heavy atom. The number of hydrogen-bond donors (Lipinski definition) is 4. The molecule has 0 aliphatic heterocycles. The summed E-state index contributed by atoms with van der Waals surface area (Å²) in [6.07, 6.45) is 0. The van der Waals surface area contributed by atoms with Crippen molar-refractivity contribution in [2.24, 2.45) is 0 Å². The predicted octanol–water partition coefficient (Wildman–Crippen LogP) is -0.962. The van der Waals surface area contributed by atoms with Gasteiger partial charge in [0, 0.05) is 5.39 Å². The Kier molecular flexibility index (Phi) is 3.94. The lowest BCUT2D eigenvalue weighted by Gasteiger charge is -2.04. The summed E-state index contributed by atoms with van der Waals surface area (Å²) >= 11 is 6.31. The van der Waals surface area contributed by atoms with Crippen LogP contribution in [0.2, 0.25) is 5.15 Å². The minimum atomic E-state index is -1.57. The van der Waals surface area contributed by atoms with Gasteiger partial charge in [-0.2, -0.15) is 5.10 Å². The maximum absolute atomic E-state index is 9.22. The van der Waals surface area contributed by atoms with Gasteiger partial charge >= 0.3 is 14.2 Å². The van der Waals surface area contributed by atoms with Gasteiger partial charge in [-0.1, -0.05) is 29.8 Å². The molecule has 0 atom stereocenters. The molecule has 1 heterocycles. The Labute approximate surface area is 131 Å². The molecule has 0 spiro atoms. The van der Waals surface area contributed by atoms with Crippen molar-refractivity contribution in [3.8, 4) is 5.69 Å². The molecule has 0 radical (unpaired) electrons. The Hall–Kier alpha value is -1.83. The third kappa shape index (κ3) is 2.63. The molecule has 3 rings (SSSR count). The summed E-state index contributed by atoms with van der Waals surface area (Å²) in [6, 6.07) is 11.2. The van der Waals surface area contributed by atoms with Crippen LogP contribution in [0.15, 0.2) is 42.5 Å². The second-order valence-corrected chi connectivity index (χ2v) is 5.18. The number of fused-ring (bicyclic) bond motifs is 1. The summed E-state index contributed by atoms with van der Waals surface area (Å²) in [5, 5.41) is 41.9. The maximum Gasteiger partial charge on any atom is 0.488 e. The standard InChI is InChI=1S/C13H11B2ClN2O4/c16-13-11-7-9(15(21)22)3-6-12(11)17-18(13)10-4-1-8(2-5-10)14(19)20/h1-7,19-22H. The molecule has 1 aromatic heterocycles. The van der Waals surface area contributed by atoms with Crippen LogP contribution in [0.3, 0.4) is 0 Å². The lowest BCUT2D eigenvalue weighted by atomic mass is 9.80. The Bertz CT molecular complexity index is 821. The van der Waals surface area contributed by atoms with Gasteiger partial charge in [0.05, 0.1) is 11.2 Å². The molecule has 9 heteroatoms. The minimum absolute atomic E-state index is 0.327. The molecule has 22 heavy (non-hydrogen) atoms. The summed E-state index contributed by atoms with van der Waals surface area (Å²) < 4.78 is 1.49. The Morgan fingerprint density at radius 3 is 2.05 bits per heavy atom. The van der Waals surface area contributed by atoms with Crippen molar-refractivity contribution < 1.29 is 20.1 Å². The van der Waals surface area contributed by atoms with Crippen LogP contribution in [-0.2, 0) is 0 Å². The summed E-state index contributed by atoms with van der Waals surface area (Å²) in [5.41, 5.74) is 1.95. The van der Waals surface area contributed by atoms with Crippen molar-refractivity contribution in [3.05, 3.63) is 47.6 Å².